The summed E-state index contributed by atoms with van der Waals surface area (Å²) >= 11 is 1.67. The first-order valence-electron chi connectivity index (χ1n) is 6.30. The molecule has 0 unspecified atom stereocenters. The van der Waals surface area contributed by atoms with Gasteiger partial charge in [-0.1, -0.05) is 42.1 Å². The lowest BCUT2D eigenvalue weighted by molar-refractivity contribution is 0.299. The van der Waals surface area contributed by atoms with Crippen molar-refractivity contribution in [3.63, 3.8) is 0 Å². The van der Waals surface area contributed by atoms with Gasteiger partial charge in [0.15, 0.2) is 5.44 Å². The van der Waals surface area contributed by atoms with Gasteiger partial charge in [0, 0.05) is 11.1 Å². The third-order valence-corrected chi connectivity index (χ3v) is 4.99. The summed E-state index contributed by atoms with van der Waals surface area (Å²) in [6.07, 6.45) is 0. The van der Waals surface area contributed by atoms with Gasteiger partial charge in [0.1, 0.15) is 11.5 Å². The molecule has 19 heavy (non-hydrogen) atoms. The molecule has 3 heteroatoms. The summed E-state index contributed by atoms with van der Waals surface area (Å²) in [5, 5.41) is 10.1. The highest BCUT2D eigenvalue weighted by molar-refractivity contribution is 7.99. The molecule has 1 heterocycles. The predicted octanol–water partition coefficient (Wildman–Crippen LogP) is 4.50. The largest absolute Gasteiger partial charge is 0.507 e. The Balaban J connectivity index is 2.06. The monoisotopic (exact) mass is 272 g/mol. The topological polar surface area (TPSA) is 29.5 Å². The Bertz CT molecular complexity index is 598. The van der Waals surface area contributed by atoms with Crippen LogP contribution in [0.5, 0.6) is 11.5 Å². The summed E-state index contributed by atoms with van der Waals surface area (Å²) in [6, 6.07) is 10.2. The summed E-state index contributed by atoms with van der Waals surface area (Å²) < 4.78 is 6.09. The molecule has 0 spiro atoms. The fraction of sp³-hybridized carbons (Fsp3) is 0.250. The Morgan fingerprint density at radius 2 is 1.68 bits per heavy atom. The molecule has 1 aliphatic heterocycles. The highest BCUT2D eigenvalue weighted by Crippen LogP contribution is 2.54. The Labute approximate surface area is 117 Å². The summed E-state index contributed by atoms with van der Waals surface area (Å²) in [5.74, 6) is 1.31. The summed E-state index contributed by atoms with van der Waals surface area (Å²) in [5.41, 5.74) is 3.99. The molecule has 0 bridgehead atoms. The maximum Gasteiger partial charge on any atom is 0.174 e. The summed E-state index contributed by atoms with van der Waals surface area (Å²) in [6.45, 7) is 5.88. The zero-order chi connectivity index (χ0) is 13.6. The molecule has 0 aromatic heterocycles. The van der Waals surface area contributed by atoms with Crippen molar-refractivity contribution in [3.8, 4) is 11.5 Å². The van der Waals surface area contributed by atoms with E-state index in [-0.39, 0.29) is 5.44 Å². The molecule has 98 valence electrons. The van der Waals surface area contributed by atoms with E-state index in [0.29, 0.717) is 5.75 Å². The van der Waals surface area contributed by atoms with Crippen molar-refractivity contribution in [1.29, 1.82) is 0 Å². The van der Waals surface area contributed by atoms with E-state index in [1.807, 2.05) is 39.0 Å². The highest BCUT2D eigenvalue weighted by Gasteiger charge is 2.30. The smallest absolute Gasteiger partial charge is 0.174 e. The van der Waals surface area contributed by atoms with Gasteiger partial charge in [-0.3, -0.25) is 0 Å². The Hall–Kier alpha value is -1.61. The van der Waals surface area contributed by atoms with Crippen LogP contribution in [0, 0.1) is 20.8 Å². The van der Waals surface area contributed by atoms with Crippen LogP contribution in [0.3, 0.4) is 0 Å². The van der Waals surface area contributed by atoms with E-state index < -0.39 is 0 Å². The molecule has 0 aliphatic carbocycles. The van der Waals surface area contributed by atoms with E-state index in [1.165, 1.54) is 0 Å². The molecule has 0 fully saturated rings. The van der Waals surface area contributed by atoms with Crippen LogP contribution in [-0.2, 0) is 0 Å². The zero-order valence-electron chi connectivity index (χ0n) is 11.2. The van der Waals surface area contributed by atoms with Crippen LogP contribution in [0.1, 0.15) is 27.7 Å². The molecule has 0 amide bonds. The van der Waals surface area contributed by atoms with E-state index in [2.05, 4.69) is 12.1 Å². The van der Waals surface area contributed by atoms with Crippen LogP contribution in [0.2, 0.25) is 0 Å². The Morgan fingerprint density at radius 3 is 2.37 bits per heavy atom. The van der Waals surface area contributed by atoms with E-state index in [9.17, 15) is 5.11 Å². The Morgan fingerprint density at radius 1 is 1.00 bits per heavy atom. The Kier molecular flexibility index (Phi) is 2.94. The van der Waals surface area contributed by atoms with Crippen molar-refractivity contribution in [2.75, 3.05) is 0 Å². The van der Waals surface area contributed by atoms with Crippen LogP contribution in [0.25, 0.3) is 0 Å². The van der Waals surface area contributed by atoms with Crippen molar-refractivity contribution in [1.82, 2.24) is 0 Å². The number of phenolic OH excluding ortho intramolecular Hbond substituents is 1. The first-order valence-corrected chi connectivity index (χ1v) is 7.18. The second-order valence-corrected chi connectivity index (χ2v) is 5.93. The van der Waals surface area contributed by atoms with Gasteiger partial charge in [-0.2, -0.15) is 0 Å². The number of benzene rings is 2. The predicted molar refractivity (Wildman–Crippen MR) is 78.0 cm³/mol. The number of ether oxygens (including phenoxy) is 1. The number of hydrogen-bond donors (Lipinski definition) is 1. The number of rotatable bonds is 1. The van der Waals surface area contributed by atoms with Gasteiger partial charge in [-0.25, -0.2) is 0 Å². The molecule has 2 aromatic rings. The molecule has 1 atom stereocenters. The molecule has 0 saturated carbocycles. The minimum Gasteiger partial charge on any atom is -0.507 e. The molecule has 2 aromatic carbocycles. The second-order valence-electron chi connectivity index (χ2n) is 4.86. The van der Waals surface area contributed by atoms with Crippen LogP contribution in [-0.4, -0.2) is 5.11 Å². The molecular weight excluding hydrogens is 256 g/mol. The van der Waals surface area contributed by atoms with Crippen molar-refractivity contribution in [2.24, 2.45) is 0 Å². The van der Waals surface area contributed by atoms with Crippen LogP contribution in [0.15, 0.2) is 35.2 Å². The summed E-state index contributed by atoms with van der Waals surface area (Å²) in [4.78, 5) is 1.06. The lowest BCUT2D eigenvalue weighted by atomic mass is 10.0. The zero-order valence-corrected chi connectivity index (χ0v) is 12.0. The normalized spacial score (nSPS) is 17.1. The van der Waals surface area contributed by atoms with Crippen LogP contribution < -0.4 is 4.74 Å². The molecular formula is C16H16O2S. The van der Waals surface area contributed by atoms with E-state index in [4.69, 9.17) is 4.74 Å². The maximum absolute atomic E-state index is 10.1. The van der Waals surface area contributed by atoms with Gasteiger partial charge in [0.25, 0.3) is 0 Å². The van der Waals surface area contributed by atoms with Crippen molar-refractivity contribution >= 4 is 11.8 Å². The fourth-order valence-electron chi connectivity index (χ4n) is 2.35. The lowest BCUT2D eigenvalue weighted by Crippen LogP contribution is -1.98. The molecule has 1 N–H and O–H groups in total. The van der Waals surface area contributed by atoms with Crippen LogP contribution >= 0.6 is 11.8 Å². The summed E-state index contributed by atoms with van der Waals surface area (Å²) in [7, 11) is 0. The highest BCUT2D eigenvalue weighted by atomic mass is 32.2. The SMILES string of the molecule is Cc1c(C)c2c(c(C)c1O)S[C@@H](c1ccccc1)O2. The van der Waals surface area contributed by atoms with E-state index in [0.717, 1.165) is 32.9 Å². The number of fused-ring (bicyclic) bond motifs is 1. The number of thioether (sulfide) groups is 1. The van der Waals surface area contributed by atoms with Crippen molar-refractivity contribution < 1.29 is 9.84 Å². The molecule has 0 radical (unpaired) electrons. The third kappa shape index (κ3) is 1.89. The standard InChI is InChI=1S/C16H16O2S/c1-9-10(2)14-15(11(3)13(9)17)19-16(18-14)12-7-5-4-6-8-12/h4-8,16-17H,1-3H3/t16-/m0/s1. The first-order chi connectivity index (χ1) is 9.09. The number of aromatic hydroxyl groups is 1. The molecule has 1 aliphatic rings. The lowest BCUT2D eigenvalue weighted by Gasteiger charge is -2.12. The van der Waals surface area contributed by atoms with E-state index in [1.54, 1.807) is 11.8 Å². The number of phenols is 1. The minimum atomic E-state index is -0.0187. The van der Waals surface area contributed by atoms with Crippen molar-refractivity contribution in [2.45, 2.75) is 31.1 Å². The fourth-order valence-corrected chi connectivity index (χ4v) is 3.58. The van der Waals surface area contributed by atoms with Gasteiger partial charge in [-0.05, 0) is 31.9 Å². The maximum atomic E-state index is 10.1. The molecule has 3 rings (SSSR count). The van der Waals surface area contributed by atoms with Gasteiger partial charge in [0.05, 0.1) is 4.90 Å². The number of hydrogen-bond acceptors (Lipinski definition) is 3. The van der Waals surface area contributed by atoms with Gasteiger partial charge < -0.3 is 9.84 Å². The van der Waals surface area contributed by atoms with Gasteiger partial charge in [-0.15, -0.1) is 0 Å². The second kappa shape index (κ2) is 4.49. The molecule has 2 nitrogen and oxygen atoms in total. The quantitative estimate of drug-likeness (QED) is 0.828. The van der Waals surface area contributed by atoms with Gasteiger partial charge in [0.2, 0.25) is 0 Å². The van der Waals surface area contributed by atoms with Crippen molar-refractivity contribution in [3.05, 3.63) is 52.6 Å². The van der Waals surface area contributed by atoms with Gasteiger partial charge >= 0.3 is 0 Å². The first kappa shape index (κ1) is 12.4. The van der Waals surface area contributed by atoms with Crippen LogP contribution in [0.4, 0.5) is 0 Å². The van der Waals surface area contributed by atoms with E-state index >= 15 is 0 Å². The molecule has 0 saturated heterocycles. The average Bonchev–Trinajstić information content (AvgIpc) is 2.89. The minimum absolute atomic E-state index is 0.0187. The third-order valence-electron chi connectivity index (χ3n) is 3.68. The average molecular weight is 272 g/mol.